The average molecular weight is 238 g/mol. The van der Waals surface area contributed by atoms with Crippen LogP contribution in [0.3, 0.4) is 0 Å². The van der Waals surface area contributed by atoms with Crippen LogP contribution in [0.15, 0.2) is 30.3 Å². The topological polar surface area (TPSA) is 54.8 Å². The Hall–Kier alpha value is -1.48. The number of fused-ring (bicyclic) bond motifs is 1. The summed E-state index contributed by atoms with van der Waals surface area (Å²) in [4.78, 5) is 0. The Balaban J connectivity index is 0.00000128. The van der Waals surface area contributed by atoms with Crippen molar-refractivity contribution in [2.75, 3.05) is 0 Å². The van der Waals surface area contributed by atoms with Crippen molar-refractivity contribution in [3.05, 3.63) is 36.0 Å². The van der Waals surface area contributed by atoms with E-state index >= 15 is 0 Å². The van der Waals surface area contributed by atoms with Gasteiger partial charge in [-0.2, -0.15) is 0 Å². The summed E-state index contributed by atoms with van der Waals surface area (Å²) in [6.45, 7) is 2.87. The second-order valence-electron chi connectivity index (χ2n) is 3.77. The van der Waals surface area contributed by atoms with E-state index in [0.29, 0.717) is 6.42 Å². The average Bonchev–Trinajstić information content (AvgIpc) is 2.50. The molecule has 0 saturated carbocycles. The third-order valence-corrected chi connectivity index (χ3v) is 2.62. The van der Waals surface area contributed by atoms with Crippen molar-refractivity contribution >= 4 is 29.1 Å². The first-order valence-electron chi connectivity index (χ1n) is 5.06. The van der Waals surface area contributed by atoms with Gasteiger partial charge in [0.1, 0.15) is 0 Å². The summed E-state index contributed by atoms with van der Waals surface area (Å²) in [6, 6.07) is 10.4. The molecular formula is C12H16ClN3. The van der Waals surface area contributed by atoms with Crippen molar-refractivity contribution in [3.8, 4) is 0 Å². The van der Waals surface area contributed by atoms with Gasteiger partial charge in [-0.15, -0.1) is 12.4 Å². The fourth-order valence-electron chi connectivity index (χ4n) is 1.88. The van der Waals surface area contributed by atoms with Crippen LogP contribution in [0.25, 0.3) is 10.9 Å². The molecule has 0 aliphatic heterocycles. The summed E-state index contributed by atoms with van der Waals surface area (Å²) in [7, 11) is 0. The van der Waals surface area contributed by atoms with Crippen LogP contribution in [0.1, 0.15) is 12.1 Å². The van der Waals surface area contributed by atoms with Crippen LogP contribution in [0.4, 0.5) is 0 Å². The molecule has 3 N–H and O–H groups in total. The van der Waals surface area contributed by atoms with E-state index in [1.807, 2.05) is 12.1 Å². The fourth-order valence-corrected chi connectivity index (χ4v) is 1.88. The normalized spacial score (nSPS) is 10.1. The number of nitrogens with two attached hydrogens (primary N) is 1. The molecule has 3 nitrogen and oxygen atoms in total. The number of rotatable bonds is 3. The van der Waals surface area contributed by atoms with E-state index in [2.05, 4.69) is 29.7 Å². The zero-order valence-corrected chi connectivity index (χ0v) is 10.1. The molecule has 1 heterocycles. The molecule has 0 radical (unpaired) electrons. The minimum absolute atomic E-state index is 0. The van der Waals surface area contributed by atoms with E-state index in [9.17, 15) is 0 Å². The Labute approximate surface area is 101 Å². The summed E-state index contributed by atoms with van der Waals surface area (Å²) in [6.07, 6.45) is 0.611. The second-order valence-corrected chi connectivity index (χ2v) is 3.77. The van der Waals surface area contributed by atoms with Gasteiger partial charge < -0.3 is 10.3 Å². The first kappa shape index (κ1) is 12.6. The van der Waals surface area contributed by atoms with Crippen LogP contribution >= 0.6 is 12.4 Å². The van der Waals surface area contributed by atoms with Gasteiger partial charge in [0.05, 0.1) is 5.84 Å². The molecule has 0 atom stereocenters. The first-order valence-corrected chi connectivity index (χ1v) is 5.06. The molecule has 2 rings (SSSR count). The molecule has 0 fully saturated rings. The third kappa shape index (κ3) is 2.36. The van der Waals surface area contributed by atoms with E-state index in [-0.39, 0.29) is 18.2 Å². The van der Waals surface area contributed by atoms with E-state index in [4.69, 9.17) is 11.1 Å². The summed E-state index contributed by atoms with van der Waals surface area (Å²) in [5.74, 6) is 0.243. The second kappa shape index (κ2) is 5.03. The predicted molar refractivity (Wildman–Crippen MR) is 70.5 cm³/mol. The maximum Gasteiger partial charge on any atom is 0.0923 e. The molecule has 0 aliphatic rings. The highest BCUT2D eigenvalue weighted by molar-refractivity contribution is 5.85. The number of para-hydroxylation sites is 1. The number of halogens is 1. The molecule has 0 bridgehead atoms. The van der Waals surface area contributed by atoms with Gasteiger partial charge in [-0.3, -0.25) is 5.41 Å². The molecule has 1 aromatic carbocycles. The number of aryl methyl sites for hydroxylation is 2. The highest BCUT2D eigenvalue weighted by atomic mass is 35.5. The lowest BCUT2D eigenvalue weighted by atomic mass is 10.2. The lowest BCUT2D eigenvalue weighted by molar-refractivity contribution is 0.728. The maximum atomic E-state index is 7.24. The van der Waals surface area contributed by atoms with Gasteiger partial charge in [0.15, 0.2) is 0 Å². The number of nitrogens with zero attached hydrogens (tertiary/aromatic N) is 1. The molecule has 0 aliphatic carbocycles. The molecule has 0 unspecified atom stereocenters. The van der Waals surface area contributed by atoms with E-state index in [1.165, 1.54) is 16.6 Å². The largest absolute Gasteiger partial charge is 0.388 e. The van der Waals surface area contributed by atoms with Crippen LogP contribution in [0.2, 0.25) is 0 Å². The smallest absolute Gasteiger partial charge is 0.0923 e. The Morgan fingerprint density at radius 1 is 1.38 bits per heavy atom. The van der Waals surface area contributed by atoms with Crippen LogP contribution in [-0.2, 0) is 6.54 Å². The summed E-state index contributed by atoms with van der Waals surface area (Å²) in [5.41, 5.74) is 7.81. The minimum atomic E-state index is 0. The molecular weight excluding hydrogens is 222 g/mol. The van der Waals surface area contributed by atoms with Gasteiger partial charge >= 0.3 is 0 Å². The van der Waals surface area contributed by atoms with Crippen molar-refractivity contribution in [2.24, 2.45) is 5.73 Å². The Bertz CT molecular complexity index is 502. The predicted octanol–water partition coefficient (Wildman–Crippen LogP) is 2.70. The Morgan fingerprint density at radius 2 is 2.06 bits per heavy atom. The SMILES string of the molecule is Cc1cc2ccccc2n1CCC(=N)N.Cl. The zero-order chi connectivity index (χ0) is 10.8. The number of benzene rings is 1. The summed E-state index contributed by atoms with van der Waals surface area (Å²) < 4.78 is 2.21. The van der Waals surface area contributed by atoms with Crippen molar-refractivity contribution in [1.82, 2.24) is 4.57 Å². The van der Waals surface area contributed by atoms with Gasteiger partial charge in [0.25, 0.3) is 0 Å². The van der Waals surface area contributed by atoms with Crippen molar-refractivity contribution < 1.29 is 0 Å². The van der Waals surface area contributed by atoms with Gasteiger partial charge in [0.2, 0.25) is 0 Å². The number of hydrogen-bond acceptors (Lipinski definition) is 1. The van der Waals surface area contributed by atoms with Crippen LogP contribution < -0.4 is 5.73 Å². The molecule has 4 heteroatoms. The standard InChI is InChI=1S/C12H15N3.ClH/c1-9-8-10-4-2-3-5-11(10)15(9)7-6-12(13)14;/h2-5,8H,6-7H2,1H3,(H3,13,14);1H. The molecule has 0 saturated heterocycles. The number of nitrogens with one attached hydrogen (secondary N) is 1. The highest BCUT2D eigenvalue weighted by Gasteiger charge is 2.04. The third-order valence-electron chi connectivity index (χ3n) is 2.62. The molecule has 0 spiro atoms. The number of aromatic nitrogens is 1. The Morgan fingerprint density at radius 3 is 2.75 bits per heavy atom. The van der Waals surface area contributed by atoms with Crippen molar-refractivity contribution in [3.63, 3.8) is 0 Å². The summed E-state index contributed by atoms with van der Waals surface area (Å²) in [5, 5.41) is 8.49. The molecule has 1 aromatic heterocycles. The van der Waals surface area contributed by atoms with E-state index in [1.54, 1.807) is 0 Å². The van der Waals surface area contributed by atoms with Gasteiger partial charge in [-0.05, 0) is 24.4 Å². The van der Waals surface area contributed by atoms with E-state index < -0.39 is 0 Å². The zero-order valence-electron chi connectivity index (χ0n) is 9.23. The fraction of sp³-hybridized carbons (Fsp3) is 0.250. The van der Waals surface area contributed by atoms with Gasteiger partial charge in [-0.25, -0.2) is 0 Å². The molecule has 86 valence electrons. The monoisotopic (exact) mass is 237 g/mol. The Kier molecular flexibility index (Phi) is 3.96. The molecule has 2 aromatic rings. The van der Waals surface area contributed by atoms with Crippen LogP contribution in [0, 0.1) is 12.3 Å². The summed E-state index contributed by atoms with van der Waals surface area (Å²) >= 11 is 0. The van der Waals surface area contributed by atoms with Gasteiger partial charge in [-0.1, -0.05) is 18.2 Å². The van der Waals surface area contributed by atoms with Crippen LogP contribution in [-0.4, -0.2) is 10.4 Å². The quantitative estimate of drug-likeness (QED) is 0.626. The van der Waals surface area contributed by atoms with Crippen LogP contribution in [0.5, 0.6) is 0 Å². The van der Waals surface area contributed by atoms with E-state index in [0.717, 1.165) is 6.54 Å². The van der Waals surface area contributed by atoms with Gasteiger partial charge in [0, 0.05) is 24.2 Å². The maximum absolute atomic E-state index is 7.24. The molecule has 0 amide bonds. The number of hydrogen-bond donors (Lipinski definition) is 2. The minimum Gasteiger partial charge on any atom is -0.388 e. The number of amidine groups is 1. The molecule has 16 heavy (non-hydrogen) atoms. The van der Waals surface area contributed by atoms with Crippen molar-refractivity contribution in [2.45, 2.75) is 19.9 Å². The first-order chi connectivity index (χ1) is 7.18. The van der Waals surface area contributed by atoms with Crippen molar-refractivity contribution in [1.29, 1.82) is 5.41 Å². The highest BCUT2D eigenvalue weighted by Crippen LogP contribution is 2.19. The lowest BCUT2D eigenvalue weighted by Gasteiger charge is -2.06. The lowest BCUT2D eigenvalue weighted by Crippen LogP contribution is -2.13.